The normalized spacial score (nSPS) is 12.3. The molecular formula is C11H7NO4S2. The zero-order valence-electron chi connectivity index (χ0n) is 8.86. The van der Waals surface area contributed by atoms with Crippen LogP contribution in [0.2, 0.25) is 0 Å². The first-order valence-electron chi connectivity index (χ1n) is 4.95. The van der Waals surface area contributed by atoms with E-state index in [0.717, 1.165) is 5.39 Å². The molecule has 0 aliphatic heterocycles. The first-order valence-corrected chi connectivity index (χ1v) is 6.84. The molecule has 18 heavy (non-hydrogen) atoms. The first-order chi connectivity index (χ1) is 8.45. The van der Waals surface area contributed by atoms with Crippen molar-refractivity contribution >= 4 is 44.6 Å². The average Bonchev–Trinajstić information content (AvgIpc) is 2.68. The highest BCUT2D eigenvalue weighted by atomic mass is 32.2. The standard InChI is InChI=1S/C11H7NO4S2/c13-18(14,15)7-3-1-6-2-4-9-10(8(6)5-7)12-11(17)16-9/h1-5H,(H,12,17)(H,13,14,15). The van der Waals surface area contributed by atoms with Gasteiger partial charge in [-0.3, -0.25) is 4.55 Å². The Balaban J connectivity index is 2.47. The van der Waals surface area contributed by atoms with Crippen molar-refractivity contribution in [1.82, 2.24) is 4.98 Å². The van der Waals surface area contributed by atoms with Crippen LogP contribution in [0.25, 0.3) is 21.9 Å². The predicted octanol–water partition coefficient (Wildman–Crippen LogP) is 2.52. The average molecular weight is 281 g/mol. The van der Waals surface area contributed by atoms with Crippen LogP contribution in [0.3, 0.4) is 0 Å². The summed E-state index contributed by atoms with van der Waals surface area (Å²) in [4.78, 5) is 3.91. The summed E-state index contributed by atoms with van der Waals surface area (Å²) in [6, 6.07) is 7.82. The molecule has 1 heterocycles. The lowest BCUT2D eigenvalue weighted by Gasteiger charge is -2.01. The molecule has 92 valence electrons. The Bertz CT molecular complexity index is 867. The Morgan fingerprint density at radius 3 is 2.67 bits per heavy atom. The minimum Gasteiger partial charge on any atom is -0.432 e. The number of fused-ring (bicyclic) bond motifs is 3. The molecule has 7 heteroatoms. The lowest BCUT2D eigenvalue weighted by atomic mass is 10.1. The first kappa shape index (κ1) is 11.5. The molecule has 0 spiro atoms. The molecule has 5 nitrogen and oxygen atoms in total. The Hall–Kier alpha value is -1.57. The van der Waals surface area contributed by atoms with Crippen molar-refractivity contribution in [3.8, 4) is 0 Å². The maximum absolute atomic E-state index is 11.1. The fraction of sp³-hybridized carbons (Fsp3) is 0. The maximum atomic E-state index is 11.1. The van der Waals surface area contributed by atoms with Crippen molar-refractivity contribution in [3.63, 3.8) is 0 Å². The fourth-order valence-corrected chi connectivity index (χ4v) is 2.54. The molecule has 3 aromatic rings. The monoisotopic (exact) mass is 281 g/mol. The lowest BCUT2D eigenvalue weighted by Crippen LogP contribution is -1.97. The molecule has 0 fully saturated rings. The van der Waals surface area contributed by atoms with Gasteiger partial charge in [-0.2, -0.15) is 8.42 Å². The van der Waals surface area contributed by atoms with Gasteiger partial charge in [0.05, 0.1) is 4.90 Å². The number of hydrogen-bond donors (Lipinski definition) is 2. The van der Waals surface area contributed by atoms with E-state index in [1.807, 2.05) is 0 Å². The summed E-state index contributed by atoms with van der Waals surface area (Å²) in [6.45, 7) is 0. The summed E-state index contributed by atoms with van der Waals surface area (Å²) < 4.78 is 36.5. The van der Waals surface area contributed by atoms with Crippen LogP contribution >= 0.6 is 12.6 Å². The minimum atomic E-state index is -4.23. The molecule has 0 radical (unpaired) electrons. The summed E-state index contributed by atoms with van der Waals surface area (Å²) in [5, 5.41) is 1.60. The van der Waals surface area contributed by atoms with Crippen LogP contribution in [0.15, 0.2) is 44.9 Å². The molecule has 1 N–H and O–H groups in total. The third kappa shape index (κ3) is 1.76. The molecule has 0 bridgehead atoms. The van der Waals surface area contributed by atoms with Crippen molar-refractivity contribution in [3.05, 3.63) is 30.3 Å². The molecule has 0 amide bonds. The molecule has 3 rings (SSSR count). The van der Waals surface area contributed by atoms with E-state index >= 15 is 0 Å². The predicted molar refractivity (Wildman–Crippen MR) is 68.6 cm³/mol. The summed E-state index contributed by atoms with van der Waals surface area (Å²) in [6.07, 6.45) is 0. The molecule has 0 saturated carbocycles. The Morgan fingerprint density at radius 2 is 1.94 bits per heavy atom. The SMILES string of the molecule is O=S(=O)(O)c1ccc2ccc3oc(S)nc3c2c1. The van der Waals surface area contributed by atoms with Crippen molar-refractivity contribution in [2.24, 2.45) is 0 Å². The van der Waals surface area contributed by atoms with Gasteiger partial charge in [0.2, 0.25) is 0 Å². The quantitative estimate of drug-likeness (QED) is 0.529. The highest BCUT2D eigenvalue weighted by Gasteiger charge is 2.13. The smallest absolute Gasteiger partial charge is 0.294 e. The Labute approximate surface area is 108 Å². The molecule has 0 aliphatic rings. The second-order valence-electron chi connectivity index (χ2n) is 3.77. The van der Waals surface area contributed by atoms with E-state index < -0.39 is 10.1 Å². The topological polar surface area (TPSA) is 80.4 Å². The second-order valence-corrected chi connectivity index (χ2v) is 5.57. The number of aromatic nitrogens is 1. The van der Waals surface area contributed by atoms with Gasteiger partial charge in [-0.15, -0.1) is 0 Å². The summed E-state index contributed by atoms with van der Waals surface area (Å²) in [7, 11) is -4.23. The number of oxazole rings is 1. The molecule has 0 unspecified atom stereocenters. The lowest BCUT2D eigenvalue weighted by molar-refractivity contribution is 0.483. The van der Waals surface area contributed by atoms with Gasteiger partial charge < -0.3 is 4.42 Å². The van der Waals surface area contributed by atoms with Gasteiger partial charge in [0.15, 0.2) is 5.58 Å². The van der Waals surface area contributed by atoms with Crippen LogP contribution in [-0.2, 0) is 10.1 Å². The van der Waals surface area contributed by atoms with Crippen molar-refractivity contribution in [2.45, 2.75) is 10.1 Å². The molecule has 1 aromatic heterocycles. The molecular weight excluding hydrogens is 274 g/mol. The van der Waals surface area contributed by atoms with Gasteiger partial charge in [0.1, 0.15) is 5.52 Å². The van der Waals surface area contributed by atoms with Crippen LogP contribution in [0, 0.1) is 0 Å². The van der Waals surface area contributed by atoms with Gasteiger partial charge in [0, 0.05) is 5.39 Å². The van der Waals surface area contributed by atoms with Gasteiger partial charge in [-0.1, -0.05) is 24.8 Å². The van der Waals surface area contributed by atoms with Crippen LogP contribution < -0.4 is 0 Å². The van der Waals surface area contributed by atoms with Crippen LogP contribution in [0.4, 0.5) is 0 Å². The fourth-order valence-electron chi connectivity index (χ4n) is 1.84. The second kappa shape index (κ2) is 3.71. The van der Waals surface area contributed by atoms with Gasteiger partial charge >= 0.3 is 0 Å². The van der Waals surface area contributed by atoms with Crippen LogP contribution in [0.1, 0.15) is 0 Å². The van der Waals surface area contributed by atoms with Crippen molar-refractivity contribution < 1.29 is 17.4 Å². The van der Waals surface area contributed by atoms with Gasteiger partial charge in [-0.05, 0) is 23.6 Å². The summed E-state index contributed by atoms with van der Waals surface area (Å²) >= 11 is 4.01. The number of rotatable bonds is 1. The maximum Gasteiger partial charge on any atom is 0.294 e. The number of hydrogen-bond acceptors (Lipinski definition) is 5. The van der Waals surface area contributed by atoms with Crippen LogP contribution in [0.5, 0.6) is 0 Å². The van der Waals surface area contributed by atoms with E-state index in [4.69, 9.17) is 8.97 Å². The molecule has 0 atom stereocenters. The number of benzene rings is 2. The van der Waals surface area contributed by atoms with E-state index in [9.17, 15) is 8.42 Å². The van der Waals surface area contributed by atoms with E-state index in [0.29, 0.717) is 16.5 Å². The largest absolute Gasteiger partial charge is 0.432 e. The number of thiol groups is 1. The third-order valence-electron chi connectivity index (χ3n) is 2.63. The van der Waals surface area contributed by atoms with Gasteiger partial charge in [-0.25, -0.2) is 4.98 Å². The Morgan fingerprint density at radius 1 is 1.22 bits per heavy atom. The van der Waals surface area contributed by atoms with E-state index in [1.165, 1.54) is 12.1 Å². The number of nitrogens with zero attached hydrogens (tertiary/aromatic N) is 1. The zero-order chi connectivity index (χ0) is 12.9. The van der Waals surface area contributed by atoms with E-state index in [1.54, 1.807) is 18.2 Å². The van der Waals surface area contributed by atoms with E-state index in [-0.39, 0.29) is 10.1 Å². The molecule has 2 aromatic carbocycles. The molecule has 0 saturated heterocycles. The van der Waals surface area contributed by atoms with Crippen LogP contribution in [-0.4, -0.2) is 18.0 Å². The van der Waals surface area contributed by atoms with Gasteiger partial charge in [0.25, 0.3) is 15.3 Å². The minimum absolute atomic E-state index is 0.175. The van der Waals surface area contributed by atoms with Crippen molar-refractivity contribution in [2.75, 3.05) is 0 Å². The highest BCUT2D eigenvalue weighted by Crippen LogP contribution is 2.28. The zero-order valence-corrected chi connectivity index (χ0v) is 10.6. The summed E-state index contributed by atoms with van der Waals surface area (Å²) in [5.74, 6) is 0. The Kier molecular flexibility index (Phi) is 2.37. The highest BCUT2D eigenvalue weighted by molar-refractivity contribution is 7.85. The third-order valence-corrected chi connectivity index (χ3v) is 3.68. The van der Waals surface area contributed by atoms with E-state index in [2.05, 4.69) is 17.6 Å². The molecule has 0 aliphatic carbocycles. The summed E-state index contributed by atoms with van der Waals surface area (Å²) in [5.41, 5.74) is 1.03. The van der Waals surface area contributed by atoms with Crippen molar-refractivity contribution in [1.29, 1.82) is 0 Å².